The number of fused-ring (bicyclic) bond motifs is 1. The number of rotatable bonds is 3. The van der Waals surface area contributed by atoms with Crippen LogP contribution in [0.25, 0.3) is 11.0 Å². The van der Waals surface area contributed by atoms with Crippen molar-refractivity contribution < 1.29 is 9.21 Å². The van der Waals surface area contributed by atoms with E-state index in [1.165, 1.54) is 0 Å². The summed E-state index contributed by atoms with van der Waals surface area (Å²) in [6.07, 6.45) is 0.670. The van der Waals surface area contributed by atoms with Crippen LogP contribution in [0.1, 0.15) is 28.0 Å². The summed E-state index contributed by atoms with van der Waals surface area (Å²) >= 11 is 7.00. The van der Waals surface area contributed by atoms with E-state index in [0.29, 0.717) is 27.6 Å². The first-order valence-electron chi connectivity index (χ1n) is 5.74. The zero-order valence-electron chi connectivity index (χ0n) is 10.0. The number of aryl methyl sites for hydroxylation is 1. The summed E-state index contributed by atoms with van der Waals surface area (Å²) in [5.41, 5.74) is 1.34. The monoisotopic (exact) mass is 292 g/mol. The van der Waals surface area contributed by atoms with Crippen LogP contribution in [0.4, 0.5) is 0 Å². The fourth-order valence-electron chi connectivity index (χ4n) is 1.85. The number of nitrogens with zero attached hydrogens (tertiary/aromatic N) is 2. The molecular formula is C13H9ClN2O2S. The van der Waals surface area contributed by atoms with E-state index < -0.39 is 0 Å². The minimum absolute atomic E-state index is 0.181. The van der Waals surface area contributed by atoms with Crippen LogP contribution in [0.2, 0.25) is 5.02 Å². The number of benzene rings is 1. The molecule has 2 aromatic heterocycles. The Morgan fingerprint density at radius 1 is 1.42 bits per heavy atom. The van der Waals surface area contributed by atoms with Gasteiger partial charge in [0, 0.05) is 10.4 Å². The third-order valence-electron chi connectivity index (χ3n) is 2.80. The second-order valence-corrected chi connectivity index (χ2v) is 5.21. The topological polar surface area (TPSA) is 56.0 Å². The number of carbonyl (C=O) groups is 1. The van der Waals surface area contributed by atoms with E-state index in [4.69, 9.17) is 16.0 Å². The number of ketones is 1. The second-order valence-electron chi connectivity index (χ2n) is 4.02. The van der Waals surface area contributed by atoms with Crippen molar-refractivity contribution in [2.24, 2.45) is 0 Å². The molecule has 0 aliphatic rings. The molecule has 0 aliphatic heterocycles. The fourth-order valence-corrected chi connectivity index (χ4v) is 2.73. The smallest absolute Gasteiger partial charge is 0.241 e. The first kappa shape index (κ1) is 12.3. The normalized spacial score (nSPS) is 11.1. The predicted molar refractivity (Wildman–Crippen MR) is 73.9 cm³/mol. The van der Waals surface area contributed by atoms with Crippen LogP contribution in [0.3, 0.4) is 0 Å². The first-order chi connectivity index (χ1) is 9.19. The first-order valence-corrected chi connectivity index (χ1v) is 6.89. The van der Waals surface area contributed by atoms with Gasteiger partial charge in [0.1, 0.15) is 10.5 Å². The van der Waals surface area contributed by atoms with Crippen molar-refractivity contribution >= 4 is 39.9 Å². The van der Waals surface area contributed by atoms with Crippen molar-refractivity contribution in [3.8, 4) is 0 Å². The molecule has 1 aromatic carbocycles. The van der Waals surface area contributed by atoms with Crippen LogP contribution in [-0.2, 0) is 6.42 Å². The van der Waals surface area contributed by atoms with Gasteiger partial charge in [-0.1, -0.05) is 23.0 Å². The summed E-state index contributed by atoms with van der Waals surface area (Å²) in [5, 5.41) is 5.36. The van der Waals surface area contributed by atoms with Gasteiger partial charge in [0.15, 0.2) is 5.76 Å². The molecule has 19 heavy (non-hydrogen) atoms. The second kappa shape index (κ2) is 4.75. The highest BCUT2D eigenvalue weighted by molar-refractivity contribution is 7.08. The molecule has 2 heterocycles. The molecule has 3 rings (SSSR count). The van der Waals surface area contributed by atoms with Gasteiger partial charge in [-0.25, -0.2) is 0 Å². The van der Waals surface area contributed by atoms with Gasteiger partial charge in [-0.3, -0.25) is 4.79 Å². The Hall–Kier alpha value is -1.72. The molecule has 0 fully saturated rings. The van der Waals surface area contributed by atoms with E-state index in [9.17, 15) is 4.79 Å². The molecule has 6 heteroatoms. The van der Waals surface area contributed by atoms with Gasteiger partial charge in [0.25, 0.3) is 0 Å². The largest absolute Gasteiger partial charge is 0.453 e. The van der Waals surface area contributed by atoms with Crippen LogP contribution in [0.15, 0.2) is 28.7 Å². The lowest BCUT2D eigenvalue weighted by Crippen LogP contribution is -2.00. The van der Waals surface area contributed by atoms with Gasteiger partial charge in [-0.2, -0.15) is 0 Å². The maximum absolute atomic E-state index is 12.3. The fraction of sp³-hybridized carbons (Fsp3) is 0.154. The molecule has 0 spiro atoms. The Morgan fingerprint density at radius 3 is 3.05 bits per heavy atom. The molecule has 0 radical (unpaired) electrons. The van der Waals surface area contributed by atoms with Gasteiger partial charge in [0.05, 0.1) is 5.69 Å². The van der Waals surface area contributed by atoms with Gasteiger partial charge in [-0.05, 0) is 42.2 Å². The minimum atomic E-state index is -0.181. The standard InChI is InChI=1S/C13H9ClN2O2S/c1-2-9-13(19-16-15-9)12(17)11-6-7-5-8(14)3-4-10(7)18-11/h3-6H,2H2,1H3. The van der Waals surface area contributed by atoms with Crippen molar-refractivity contribution in [1.29, 1.82) is 0 Å². The third kappa shape index (κ3) is 2.15. The predicted octanol–water partition coefficient (Wildman–Crippen LogP) is 3.73. The van der Waals surface area contributed by atoms with Crippen molar-refractivity contribution in [2.75, 3.05) is 0 Å². The van der Waals surface area contributed by atoms with Crippen LogP contribution in [0.5, 0.6) is 0 Å². The van der Waals surface area contributed by atoms with Gasteiger partial charge >= 0.3 is 0 Å². The Labute approximate surface area is 118 Å². The molecule has 3 aromatic rings. The molecule has 96 valence electrons. The maximum Gasteiger partial charge on any atom is 0.241 e. The average molecular weight is 293 g/mol. The number of hydrogen-bond acceptors (Lipinski definition) is 5. The van der Waals surface area contributed by atoms with E-state index in [1.807, 2.05) is 6.92 Å². The Bertz CT molecular complexity index is 763. The molecule has 0 N–H and O–H groups in total. The number of halogens is 1. The molecule has 0 saturated carbocycles. The molecule has 0 aliphatic carbocycles. The summed E-state index contributed by atoms with van der Waals surface area (Å²) in [4.78, 5) is 12.9. The van der Waals surface area contributed by atoms with Crippen LogP contribution < -0.4 is 0 Å². The Balaban J connectivity index is 2.07. The highest BCUT2D eigenvalue weighted by Crippen LogP contribution is 2.26. The van der Waals surface area contributed by atoms with Crippen molar-refractivity contribution in [1.82, 2.24) is 9.59 Å². The zero-order valence-corrected chi connectivity index (χ0v) is 11.6. The number of furan rings is 1. The van der Waals surface area contributed by atoms with E-state index in [-0.39, 0.29) is 11.5 Å². The lowest BCUT2D eigenvalue weighted by atomic mass is 10.2. The number of hydrogen-bond donors (Lipinski definition) is 0. The van der Waals surface area contributed by atoms with Crippen LogP contribution in [-0.4, -0.2) is 15.4 Å². The molecule has 0 saturated heterocycles. The maximum atomic E-state index is 12.3. The van der Waals surface area contributed by atoms with E-state index in [1.54, 1.807) is 24.3 Å². The summed E-state index contributed by atoms with van der Waals surface area (Å²) in [5.74, 6) is 0.109. The highest BCUT2D eigenvalue weighted by Gasteiger charge is 2.20. The zero-order chi connectivity index (χ0) is 13.4. The van der Waals surface area contributed by atoms with Crippen molar-refractivity contribution in [3.63, 3.8) is 0 Å². The molecule has 0 amide bonds. The summed E-state index contributed by atoms with van der Waals surface area (Å²) in [6.45, 7) is 1.94. The summed E-state index contributed by atoms with van der Waals surface area (Å²) in [7, 11) is 0. The number of aromatic nitrogens is 2. The van der Waals surface area contributed by atoms with Crippen molar-refractivity contribution in [2.45, 2.75) is 13.3 Å². The van der Waals surface area contributed by atoms with Gasteiger partial charge < -0.3 is 4.42 Å². The lowest BCUT2D eigenvalue weighted by Gasteiger charge is -1.94. The summed E-state index contributed by atoms with van der Waals surface area (Å²) in [6, 6.07) is 6.94. The quantitative estimate of drug-likeness (QED) is 0.690. The highest BCUT2D eigenvalue weighted by atomic mass is 35.5. The van der Waals surface area contributed by atoms with Crippen LogP contribution >= 0.6 is 23.1 Å². The average Bonchev–Trinajstić information content (AvgIpc) is 3.03. The molecule has 0 bridgehead atoms. The minimum Gasteiger partial charge on any atom is -0.453 e. The Morgan fingerprint density at radius 2 is 2.26 bits per heavy atom. The molecule has 0 atom stereocenters. The third-order valence-corrected chi connectivity index (χ3v) is 3.80. The lowest BCUT2D eigenvalue weighted by molar-refractivity contribution is 0.101. The van der Waals surface area contributed by atoms with E-state index in [2.05, 4.69) is 9.59 Å². The molecule has 4 nitrogen and oxygen atoms in total. The van der Waals surface area contributed by atoms with Gasteiger partial charge in [0.2, 0.25) is 5.78 Å². The number of carbonyl (C=O) groups excluding carboxylic acids is 1. The molecule has 0 unspecified atom stereocenters. The van der Waals surface area contributed by atoms with E-state index >= 15 is 0 Å². The van der Waals surface area contributed by atoms with Crippen molar-refractivity contribution in [3.05, 3.63) is 45.6 Å². The van der Waals surface area contributed by atoms with Crippen LogP contribution in [0, 0.1) is 0 Å². The SMILES string of the molecule is CCc1nnsc1C(=O)c1cc2cc(Cl)ccc2o1. The van der Waals surface area contributed by atoms with E-state index in [0.717, 1.165) is 16.9 Å². The molecular weight excluding hydrogens is 284 g/mol. The Kier molecular flexibility index (Phi) is 3.08. The van der Waals surface area contributed by atoms with Gasteiger partial charge in [-0.15, -0.1) is 5.10 Å². The summed E-state index contributed by atoms with van der Waals surface area (Å²) < 4.78 is 9.37.